The first-order chi connectivity index (χ1) is 11.5. The molecule has 0 aliphatic heterocycles. The number of hydrogen-bond acceptors (Lipinski definition) is 3. The Morgan fingerprint density at radius 3 is 2.50 bits per heavy atom. The van der Waals surface area contributed by atoms with E-state index in [-0.39, 0.29) is 5.91 Å². The molecule has 2 heterocycles. The second kappa shape index (κ2) is 6.57. The van der Waals surface area contributed by atoms with Crippen LogP contribution in [0.4, 0.5) is 5.82 Å². The van der Waals surface area contributed by atoms with E-state index in [2.05, 4.69) is 31.3 Å². The lowest BCUT2D eigenvalue weighted by Gasteiger charge is -2.07. The van der Waals surface area contributed by atoms with E-state index in [9.17, 15) is 4.79 Å². The fraction of sp³-hybridized carbons (Fsp3) is 0.167. The average Bonchev–Trinajstić information content (AvgIpc) is 2.83. The van der Waals surface area contributed by atoms with Gasteiger partial charge in [0.2, 0.25) is 0 Å². The van der Waals surface area contributed by atoms with Crippen molar-refractivity contribution in [2.45, 2.75) is 20.8 Å². The van der Waals surface area contributed by atoms with Crippen molar-refractivity contribution in [1.82, 2.24) is 14.8 Å². The number of benzene rings is 1. The molecule has 0 bridgehead atoms. The summed E-state index contributed by atoms with van der Waals surface area (Å²) in [4.78, 5) is 16.8. The van der Waals surface area contributed by atoms with E-state index >= 15 is 0 Å². The molecule has 5 nitrogen and oxygen atoms in total. The van der Waals surface area contributed by atoms with Gasteiger partial charge in [-0.3, -0.25) is 4.79 Å². The molecule has 0 fully saturated rings. The first-order valence-corrected chi connectivity index (χ1v) is 8.31. The Labute approximate surface area is 148 Å². The summed E-state index contributed by atoms with van der Waals surface area (Å²) in [6.07, 6.45) is 1.68. The van der Waals surface area contributed by atoms with Gasteiger partial charge in [0.1, 0.15) is 5.82 Å². The summed E-state index contributed by atoms with van der Waals surface area (Å²) < 4.78 is 2.77. The Balaban J connectivity index is 1.94. The van der Waals surface area contributed by atoms with Crippen molar-refractivity contribution >= 4 is 27.7 Å². The Morgan fingerprint density at radius 1 is 1.12 bits per heavy atom. The van der Waals surface area contributed by atoms with E-state index in [0.717, 1.165) is 21.4 Å². The topological polar surface area (TPSA) is 59.8 Å². The lowest BCUT2D eigenvalue weighted by Crippen LogP contribution is -2.15. The van der Waals surface area contributed by atoms with Crippen LogP contribution in [0.2, 0.25) is 0 Å². The summed E-state index contributed by atoms with van der Waals surface area (Å²) in [5.74, 6) is 0.335. The largest absolute Gasteiger partial charge is 0.306 e. The van der Waals surface area contributed by atoms with E-state index in [0.29, 0.717) is 17.1 Å². The van der Waals surface area contributed by atoms with Gasteiger partial charge in [0, 0.05) is 10.7 Å². The maximum Gasteiger partial charge on any atom is 0.260 e. The molecular formula is C18H17BrN4O. The molecule has 3 aromatic rings. The van der Waals surface area contributed by atoms with Gasteiger partial charge in [0.05, 0.1) is 22.6 Å². The number of nitrogens with one attached hydrogen (secondary N) is 1. The van der Waals surface area contributed by atoms with E-state index in [1.807, 2.05) is 57.2 Å². The van der Waals surface area contributed by atoms with Gasteiger partial charge in [-0.15, -0.1) is 0 Å². The molecule has 0 aliphatic carbocycles. The molecule has 0 saturated heterocycles. The number of carbonyl (C=O) groups excluding carboxylic acids is 1. The third-order valence-corrected chi connectivity index (χ3v) is 4.28. The summed E-state index contributed by atoms with van der Waals surface area (Å²) in [6.45, 7) is 5.68. The zero-order valence-electron chi connectivity index (χ0n) is 13.7. The van der Waals surface area contributed by atoms with Gasteiger partial charge in [-0.25, -0.2) is 9.67 Å². The molecule has 24 heavy (non-hydrogen) atoms. The number of rotatable bonds is 3. The summed E-state index contributed by atoms with van der Waals surface area (Å²) >= 11 is 3.42. The van der Waals surface area contributed by atoms with Crippen molar-refractivity contribution in [2.24, 2.45) is 0 Å². The number of amides is 1. The first kappa shape index (κ1) is 16.4. The number of aromatic nitrogens is 3. The van der Waals surface area contributed by atoms with Crippen molar-refractivity contribution in [3.05, 3.63) is 69.6 Å². The van der Waals surface area contributed by atoms with Gasteiger partial charge >= 0.3 is 0 Å². The molecule has 3 rings (SSSR count). The molecule has 0 unspecified atom stereocenters. The maximum absolute atomic E-state index is 12.7. The van der Waals surface area contributed by atoms with Gasteiger partial charge in [0.25, 0.3) is 5.91 Å². The molecule has 6 heteroatoms. The fourth-order valence-corrected chi connectivity index (χ4v) is 2.85. The highest BCUT2D eigenvalue weighted by atomic mass is 79.9. The normalized spacial score (nSPS) is 10.7. The second-order valence-corrected chi connectivity index (χ2v) is 6.52. The van der Waals surface area contributed by atoms with E-state index < -0.39 is 0 Å². The van der Waals surface area contributed by atoms with Crippen molar-refractivity contribution in [2.75, 3.05) is 5.32 Å². The van der Waals surface area contributed by atoms with Gasteiger partial charge in [-0.1, -0.05) is 15.9 Å². The standard InChI is InChI=1S/C18H17BrN4O/c1-11-8-9-20-16(10-11)21-18(24)17-12(2)22-23(13(17)3)15-6-4-14(19)5-7-15/h4-10H,1-3H3,(H,20,21,24). The van der Waals surface area contributed by atoms with Crippen LogP contribution in [0.1, 0.15) is 27.3 Å². The Bertz CT molecular complexity index is 900. The SMILES string of the molecule is Cc1ccnc(NC(=O)c2c(C)nn(-c3ccc(Br)cc3)c2C)c1. The number of pyridine rings is 1. The zero-order chi connectivity index (χ0) is 17.3. The van der Waals surface area contributed by atoms with Crippen LogP contribution in [0.3, 0.4) is 0 Å². The maximum atomic E-state index is 12.7. The third kappa shape index (κ3) is 3.23. The van der Waals surface area contributed by atoms with Crippen LogP contribution in [0.25, 0.3) is 5.69 Å². The number of nitrogens with zero attached hydrogens (tertiary/aromatic N) is 3. The Hall–Kier alpha value is -2.47. The van der Waals surface area contributed by atoms with Crippen LogP contribution in [0.5, 0.6) is 0 Å². The van der Waals surface area contributed by atoms with Crippen LogP contribution < -0.4 is 5.32 Å². The summed E-state index contributed by atoms with van der Waals surface area (Å²) in [5.41, 5.74) is 3.99. The molecule has 1 amide bonds. The van der Waals surface area contributed by atoms with Crippen LogP contribution in [-0.2, 0) is 0 Å². The Kier molecular flexibility index (Phi) is 4.49. The molecule has 1 N–H and O–H groups in total. The average molecular weight is 385 g/mol. The molecule has 0 saturated carbocycles. The minimum atomic E-state index is -0.202. The monoisotopic (exact) mass is 384 g/mol. The summed E-state index contributed by atoms with van der Waals surface area (Å²) in [6, 6.07) is 11.5. The lowest BCUT2D eigenvalue weighted by molar-refractivity contribution is 0.102. The van der Waals surface area contributed by atoms with E-state index in [1.165, 1.54) is 0 Å². The fourth-order valence-electron chi connectivity index (χ4n) is 2.59. The van der Waals surface area contributed by atoms with Gasteiger partial charge < -0.3 is 5.32 Å². The predicted molar refractivity (Wildman–Crippen MR) is 97.7 cm³/mol. The lowest BCUT2D eigenvalue weighted by atomic mass is 10.2. The highest BCUT2D eigenvalue weighted by Crippen LogP contribution is 2.21. The zero-order valence-corrected chi connectivity index (χ0v) is 15.3. The quantitative estimate of drug-likeness (QED) is 0.735. The predicted octanol–water partition coefficient (Wildman–Crippen LogP) is 4.21. The molecular weight excluding hydrogens is 368 g/mol. The summed E-state index contributed by atoms with van der Waals surface area (Å²) in [7, 11) is 0. The van der Waals surface area contributed by atoms with Crippen molar-refractivity contribution in [3.8, 4) is 5.69 Å². The van der Waals surface area contributed by atoms with E-state index in [1.54, 1.807) is 10.9 Å². The molecule has 1 aromatic carbocycles. The van der Waals surface area contributed by atoms with Crippen molar-refractivity contribution < 1.29 is 4.79 Å². The number of anilines is 1. The molecule has 0 radical (unpaired) electrons. The first-order valence-electron chi connectivity index (χ1n) is 7.52. The Morgan fingerprint density at radius 2 is 1.83 bits per heavy atom. The summed E-state index contributed by atoms with van der Waals surface area (Å²) in [5, 5.41) is 7.35. The van der Waals surface area contributed by atoms with Crippen molar-refractivity contribution in [1.29, 1.82) is 0 Å². The molecule has 0 atom stereocenters. The third-order valence-electron chi connectivity index (χ3n) is 3.75. The van der Waals surface area contributed by atoms with Crippen LogP contribution >= 0.6 is 15.9 Å². The minimum Gasteiger partial charge on any atom is -0.306 e. The smallest absolute Gasteiger partial charge is 0.260 e. The van der Waals surface area contributed by atoms with Crippen LogP contribution in [-0.4, -0.2) is 20.7 Å². The van der Waals surface area contributed by atoms with Gasteiger partial charge in [-0.2, -0.15) is 5.10 Å². The van der Waals surface area contributed by atoms with Crippen LogP contribution in [0.15, 0.2) is 47.1 Å². The van der Waals surface area contributed by atoms with E-state index in [4.69, 9.17) is 0 Å². The number of halogens is 1. The van der Waals surface area contributed by atoms with Gasteiger partial charge in [0.15, 0.2) is 0 Å². The number of hydrogen-bond donors (Lipinski definition) is 1. The van der Waals surface area contributed by atoms with Gasteiger partial charge in [-0.05, 0) is 62.7 Å². The molecule has 0 aliphatic rings. The number of aryl methyl sites for hydroxylation is 2. The minimum absolute atomic E-state index is 0.202. The molecule has 2 aromatic heterocycles. The highest BCUT2D eigenvalue weighted by molar-refractivity contribution is 9.10. The second-order valence-electron chi connectivity index (χ2n) is 5.61. The van der Waals surface area contributed by atoms with Crippen molar-refractivity contribution in [3.63, 3.8) is 0 Å². The number of carbonyl (C=O) groups is 1. The highest BCUT2D eigenvalue weighted by Gasteiger charge is 2.19. The van der Waals surface area contributed by atoms with Crippen LogP contribution in [0, 0.1) is 20.8 Å². The molecule has 0 spiro atoms. The molecule has 122 valence electrons.